The molecule has 1 aromatic heterocycles. The smallest absolute Gasteiger partial charge is 0.129 e. The van der Waals surface area contributed by atoms with Gasteiger partial charge in [-0.25, -0.2) is 4.98 Å². The van der Waals surface area contributed by atoms with E-state index < -0.39 is 0 Å². The predicted octanol–water partition coefficient (Wildman–Crippen LogP) is 1.29. The second-order valence-corrected chi connectivity index (χ2v) is 4.30. The van der Waals surface area contributed by atoms with E-state index in [1.165, 1.54) is 12.1 Å². The first-order chi connectivity index (χ1) is 6.84. The van der Waals surface area contributed by atoms with Crippen molar-refractivity contribution in [3.8, 4) is 0 Å². The first-order valence-electron chi connectivity index (χ1n) is 4.96. The molecule has 0 spiro atoms. The van der Waals surface area contributed by atoms with E-state index in [9.17, 15) is 0 Å². The van der Waals surface area contributed by atoms with Crippen molar-refractivity contribution >= 4 is 17.3 Å². The lowest BCUT2D eigenvalue weighted by Crippen LogP contribution is -2.61. The van der Waals surface area contributed by atoms with Gasteiger partial charge in [-0.05, 0) is 25.1 Å². The van der Waals surface area contributed by atoms with Crippen molar-refractivity contribution in [3.63, 3.8) is 0 Å². The number of rotatable bonds is 1. The highest BCUT2D eigenvalue weighted by Gasteiger charge is 2.41. The van der Waals surface area contributed by atoms with E-state index >= 15 is 0 Å². The molecule has 2 unspecified atom stereocenters. The molecule has 0 aliphatic carbocycles. The highest BCUT2D eigenvalue weighted by atomic mass is 35.5. The standard InChI is InChI=1S/C10H12ClN3/c11-10-2-1-7(5-13-10)14-6-8-9(14)3-4-12-8/h1-2,5,8-9,12H,3-4,6H2. The first-order valence-corrected chi connectivity index (χ1v) is 5.34. The molecule has 2 aliphatic heterocycles. The molecule has 2 atom stereocenters. The van der Waals surface area contributed by atoms with Crippen molar-refractivity contribution in [2.45, 2.75) is 18.5 Å². The van der Waals surface area contributed by atoms with Gasteiger partial charge >= 0.3 is 0 Å². The number of hydrogen-bond donors (Lipinski definition) is 1. The monoisotopic (exact) mass is 209 g/mol. The van der Waals surface area contributed by atoms with E-state index in [0.29, 0.717) is 17.2 Å². The van der Waals surface area contributed by atoms with Gasteiger partial charge in [0.1, 0.15) is 5.15 Å². The minimum atomic E-state index is 0.565. The van der Waals surface area contributed by atoms with Crippen molar-refractivity contribution < 1.29 is 0 Å². The maximum absolute atomic E-state index is 5.75. The Hall–Kier alpha value is -0.800. The van der Waals surface area contributed by atoms with Gasteiger partial charge in [-0.1, -0.05) is 11.6 Å². The van der Waals surface area contributed by atoms with Crippen LogP contribution in [-0.4, -0.2) is 30.2 Å². The number of aromatic nitrogens is 1. The van der Waals surface area contributed by atoms with Crippen LogP contribution in [0, 0.1) is 0 Å². The number of pyridine rings is 1. The van der Waals surface area contributed by atoms with Gasteiger partial charge in [-0.3, -0.25) is 0 Å². The normalized spacial score (nSPS) is 29.9. The summed E-state index contributed by atoms with van der Waals surface area (Å²) in [6.07, 6.45) is 3.10. The summed E-state index contributed by atoms with van der Waals surface area (Å²) in [7, 11) is 0. The number of nitrogens with zero attached hydrogens (tertiary/aromatic N) is 2. The summed E-state index contributed by atoms with van der Waals surface area (Å²) in [5.74, 6) is 0. The van der Waals surface area contributed by atoms with Crippen LogP contribution in [0.15, 0.2) is 18.3 Å². The molecule has 2 saturated heterocycles. The summed E-state index contributed by atoms with van der Waals surface area (Å²) in [6, 6.07) is 5.28. The van der Waals surface area contributed by atoms with Gasteiger partial charge in [0.05, 0.1) is 11.9 Å². The zero-order valence-corrected chi connectivity index (χ0v) is 8.54. The van der Waals surface area contributed by atoms with Crippen molar-refractivity contribution in [2.24, 2.45) is 0 Å². The molecule has 14 heavy (non-hydrogen) atoms. The average molecular weight is 210 g/mol. The minimum absolute atomic E-state index is 0.565. The molecule has 4 heteroatoms. The molecule has 3 heterocycles. The maximum Gasteiger partial charge on any atom is 0.129 e. The highest BCUT2D eigenvalue weighted by Crippen LogP contribution is 2.31. The third-order valence-corrected chi connectivity index (χ3v) is 3.37. The van der Waals surface area contributed by atoms with E-state index in [1.807, 2.05) is 18.3 Å². The average Bonchev–Trinajstić information content (AvgIpc) is 2.52. The molecule has 0 aromatic carbocycles. The van der Waals surface area contributed by atoms with Gasteiger partial charge < -0.3 is 10.2 Å². The lowest BCUT2D eigenvalue weighted by molar-refractivity contribution is 0.396. The third kappa shape index (κ3) is 1.20. The van der Waals surface area contributed by atoms with Crippen LogP contribution in [0.3, 0.4) is 0 Å². The topological polar surface area (TPSA) is 28.2 Å². The molecule has 74 valence electrons. The summed E-state index contributed by atoms with van der Waals surface area (Å²) in [5, 5.41) is 4.04. The fraction of sp³-hybridized carbons (Fsp3) is 0.500. The zero-order chi connectivity index (χ0) is 9.54. The summed E-state index contributed by atoms with van der Waals surface area (Å²) in [4.78, 5) is 6.50. The molecular formula is C10H12ClN3. The Kier molecular flexibility index (Phi) is 1.89. The summed E-state index contributed by atoms with van der Waals surface area (Å²) >= 11 is 5.75. The fourth-order valence-electron chi connectivity index (χ4n) is 2.36. The van der Waals surface area contributed by atoms with Crippen LogP contribution in [0.4, 0.5) is 5.69 Å². The Labute approximate surface area is 88.1 Å². The van der Waals surface area contributed by atoms with Crippen molar-refractivity contribution in [1.82, 2.24) is 10.3 Å². The minimum Gasteiger partial charge on any atom is -0.364 e. The van der Waals surface area contributed by atoms with Crippen molar-refractivity contribution in [1.29, 1.82) is 0 Å². The molecule has 0 saturated carbocycles. The predicted molar refractivity (Wildman–Crippen MR) is 56.8 cm³/mol. The molecule has 0 radical (unpaired) electrons. The molecule has 3 rings (SSSR count). The molecule has 2 fully saturated rings. The largest absolute Gasteiger partial charge is 0.364 e. The Morgan fingerprint density at radius 1 is 1.50 bits per heavy atom. The second-order valence-electron chi connectivity index (χ2n) is 3.91. The molecule has 1 N–H and O–H groups in total. The summed E-state index contributed by atoms with van der Waals surface area (Å²) < 4.78 is 0. The van der Waals surface area contributed by atoms with E-state index in [1.54, 1.807) is 0 Å². The number of fused-ring (bicyclic) bond motifs is 1. The van der Waals surface area contributed by atoms with Crippen LogP contribution in [0.25, 0.3) is 0 Å². The second kappa shape index (κ2) is 3.11. The van der Waals surface area contributed by atoms with Crippen molar-refractivity contribution in [3.05, 3.63) is 23.5 Å². The summed E-state index contributed by atoms with van der Waals surface area (Å²) in [6.45, 7) is 2.25. The number of anilines is 1. The van der Waals surface area contributed by atoms with Gasteiger partial charge in [-0.15, -0.1) is 0 Å². The molecule has 3 nitrogen and oxygen atoms in total. The number of nitrogens with one attached hydrogen (secondary N) is 1. The SMILES string of the molecule is Clc1ccc(N2CC3NCCC32)cn1. The fourth-order valence-corrected chi connectivity index (χ4v) is 2.47. The quantitative estimate of drug-likeness (QED) is 0.707. The Morgan fingerprint density at radius 2 is 2.43 bits per heavy atom. The van der Waals surface area contributed by atoms with Gasteiger partial charge in [0.2, 0.25) is 0 Å². The van der Waals surface area contributed by atoms with E-state index in [-0.39, 0.29) is 0 Å². The molecular weight excluding hydrogens is 198 g/mol. The number of halogens is 1. The molecule has 0 bridgehead atoms. The zero-order valence-electron chi connectivity index (χ0n) is 7.78. The third-order valence-electron chi connectivity index (χ3n) is 3.15. The van der Waals surface area contributed by atoms with E-state index in [0.717, 1.165) is 13.1 Å². The Morgan fingerprint density at radius 3 is 3.14 bits per heavy atom. The van der Waals surface area contributed by atoms with Crippen LogP contribution in [-0.2, 0) is 0 Å². The van der Waals surface area contributed by atoms with Crippen LogP contribution < -0.4 is 10.2 Å². The lowest BCUT2D eigenvalue weighted by Gasteiger charge is -2.45. The Balaban J connectivity index is 1.80. The van der Waals surface area contributed by atoms with Gasteiger partial charge in [0.15, 0.2) is 0 Å². The van der Waals surface area contributed by atoms with Crippen LogP contribution in [0.5, 0.6) is 0 Å². The van der Waals surface area contributed by atoms with E-state index in [4.69, 9.17) is 11.6 Å². The summed E-state index contributed by atoms with van der Waals surface area (Å²) in [5.41, 5.74) is 1.19. The molecule has 1 aromatic rings. The first kappa shape index (κ1) is 8.50. The molecule has 0 amide bonds. The lowest BCUT2D eigenvalue weighted by atomic mass is 9.97. The highest BCUT2D eigenvalue weighted by molar-refractivity contribution is 6.29. The van der Waals surface area contributed by atoms with Gasteiger partial charge in [-0.2, -0.15) is 0 Å². The molecule has 2 aliphatic rings. The van der Waals surface area contributed by atoms with Crippen LogP contribution in [0.1, 0.15) is 6.42 Å². The Bertz CT molecular complexity index is 338. The van der Waals surface area contributed by atoms with Gasteiger partial charge in [0, 0.05) is 18.6 Å². The van der Waals surface area contributed by atoms with E-state index in [2.05, 4.69) is 15.2 Å². The maximum atomic E-state index is 5.75. The van der Waals surface area contributed by atoms with Crippen molar-refractivity contribution in [2.75, 3.05) is 18.0 Å². The number of hydrogen-bond acceptors (Lipinski definition) is 3. The van der Waals surface area contributed by atoms with Crippen LogP contribution in [0.2, 0.25) is 5.15 Å². The van der Waals surface area contributed by atoms with Gasteiger partial charge in [0.25, 0.3) is 0 Å². The van der Waals surface area contributed by atoms with Crippen LogP contribution >= 0.6 is 11.6 Å².